The summed E-state index contributed by atoms with van der Waals surface area (Å²) in [7, 11) is -4.25. The normalized spacial score (nSPS) is 11.8. The standard InChI is InChI=1S/C13H10N2O3S/c16-19(17,18)13-10-15(14-8-4-1-5-9-14)12-7-3-2-6-11(12)13/h1-10H/p+1. The SMILES string of the molecule is O=S(=O)(O)c1cn(-[n+]2ccccc2)c2ccccc12. The minimum Gasteiger partial charge on any atom is -0.282 e. The van der Waals surface area contributed by atoms with Crippen molar-refractivity contribution in [3.05, 3.63) is 61.1 Å². The van der Waals surface area contributed by atoms with Crippen LogP contribution in [0.4, 0.5) is 0 Å². The third kappa shape index (κ3) is 2.00. The highest BCUT2D eigenvalue weighted by molar-refractivity contribution is 7.86. The average molecular weight is 275 g/mol. The van der Waals surface area contributed by atoms with E-state index < -0.39 is 10.1 Å². The second-order valence-corrected chi connectivity index (χ2v) is 5.48. The smallest absolute Gasteiger partial charge is 0.282 e. The van der Waals surface area contributed by atoms with Gasteiger partial charge in [0.2, 0.25) is 0 Å². The Morgan fingerprint density at radius 2 is 1.68 bits per heavy atom. The second kappa shape index (κ2) is 4.18. The first-order valence-corrected chi connectivity index (χ1v) is 7.06. The summed E-state index contributed by atoms with van der Waals surface area (Å²) in [4.78, 5) is -0.0977. The van der Waals surface area contributed by atoms with E-state index in [0.717, 1.165) is 0 Å². The Hall–Kier alpha value is -2.18. The first-order valence-electron chi connectivity index (χ1n) is 5.62. The van der Waals surface area contributed by atoms with Gasteiger partial charge >= 0.3 is 0 Å². The number of benzene rings is 1. The molecule has 3 aromatic rings. The summed E-state index contributed by atoms with van der Waals surface area (Å²) in [5.74, 6) is 0. The summed E-state index contributed by atoms with van der Waals surface area (Å²) in [6.07, 6.45) is 4.99. The third-order valence-corrected chi connectivity index (χ3v) is 3.76. The molecule has 96 valence electrons. The van der Waals surface area contributed by atoms with Gasteiger partial charge in [-0.25, -0.2) is 0 Å². The van der Waals surface area contributed by atoms with E-state index in [4.69, 9.17) is 0 Å². The molecule has 0 aliphatic heterocycles. The molecule has 0 amide bonds. The van der Waals surface area contributed by atoms with Crippen LogP contribution in [0.2, 0.25) is 0 Å². The topological polar surface area (TPSA) is 63.2 Å². The number of fused-ring (bicyclic) bond motifs is 1. The predicted octanol–water partition coefficient (Wildman–Crippen LogP) is 1.49. The molecule has 0 unspecified atom stereocenters. The molecular formula is C13H11N2O3S+. The Balaban J connectivity index is 2.39. The molecule has 19 heavy (non-hydrogen) atoms. The fourth-order valence-corrected chi connectivity index (χ4v) is 2.75. The molecule has 0 aliphatic rings. The molecule has 0 saturated heterocycles. The Bertz CT molecular complexity index is 839. The number of pyridine rings is 1. The van der Waals surface area contributed by atoms with Crippen molar-refractivity contribution in [2.45, 2.75) is 4.90 Å². The van der Waals surface area contributed by atoms with E-state index in [1.54, 1.807) is 39.9 Å². The van der Waals surface area contributed by atoms with Crippen molar-refractivity contribution in [2.75, 3.05) is 0 Å². The molecule has 2 aromatic heterocycles. The summed E-state index contributed by atoms with van der Waals surface area (Å²) >= 11 is 0. The van der Waals surface area contributed by atoms with Crippen LogP contribution in [-0.4, -0.2) is 17.6 Å². The van der Waals surface area contributed by atoms with Crippen LogP contribution in [0.1, 0.15) is 0 Å². The van der Waals surface area contributed by atoms with Crippen molar-refractivity contribution in [1.29, 1.82) is 0 Å². The van der Waals surface area contributed by atoms with Crippen LogP contribution < -0.4 is 4.68 Å². The number of nitrogens with zero attached hydrogens (tertiary/aromatic N) is 2. The molecule has 0 aliphatic carbocycles. The highest BCUT2D eigenvalue weighted by Crippen LogP contribution is 2.23. The number of hydrogen-bond donors (Lipinski definition) is 1. The molecule has 1 aromatic carbocycles. The van der Waals surface area contributed by atoms with Gasteiger partial charge < -0.3 is 0 Å². The van der Waals surface area contributed by atoms with E-state index in [-0.39, 0.29) is 4.90 Å². The maximum atomic E-state index is 11.4. The van der Waals surface area contributed by atoms with Crippen molar-refractivity contribution < 1.29 is 17.6 Å². The zero-order valence-corrected chi connectivity index (χ0v) is 10.7. The summed E-state index contributed by atoms with van der Waals surface area (Å²) in [6.45, 7) is 0. The molecular weight excluding hydrogens is 264 g/mol. The van der Waals surface area contributed by atoms with E-state index in [9.17, 15) is 13.0 Å². The maximum Gasteiger partial charge on any atom is 0.296 e. The van der Waals surface area contributed by atoms with Crippen molar-refractivity contribution in [2.24, 2.45) is 0 Å². The van der Waals surface area contributed by atoms with Gasteiger partial charge in [-0.3, -0.25) is 4.55 Å². The van der Waals surface area contributed by atoms with E-state index in [0.29, 0.717) is 10.9 Å². The quantitative estimate of drug-likeness (QED) is 0.569. The van der Waals surface area contributed by atoms with Gasteiger partial charge in [0.1, 0.15) is 10.4 Å². The Kier molecular flexibility index (Phi) is 2.62. The molecule has 6 heteroatoms. The largest absolute Gasteiger partial charge is 0.296 e. The first kappa shape index (κ1) is 11.9. The van der Waals surface area contributed by atoms with Gasteiger partial charge in [-0.2, -0.15) is 8.42 Å². The zero-order chi connectivity index (χ0) is 13.5. The molecule has 2 heterocycles. The monoisotopic (exact) mass is 275 g/mol. The Morgan fingerprint density at radius 1 is 1.00 bits per heavy atom. The highest BCUT2D eigenvalue weighted by atomic mass is 32.2. The van der Waals surface area contributed by atoms with Crippen LogP contribution in [0.25, 0.3) is 10.9 Å². The average Bonchev–Trinajstić information content (AvgIpc) is 2.79. The molecule has 0 bridgehead atoms. The van der Waals surface area contributed by atoms with Crippen molar-refractivity contribution >= 4 is 21.0 Å². The van der Waals surface area contributed by atoms with E-state index in [2.05, 4.69) is 0 Å². The molecule has 3 rings (SSSR count). The van der Waals surface area contributed by atoms with Gasteiger partial charge in [0, 0.05) is 17.5 Å². The number of aromatic nitrogens is 2. The van der Waals surface area contributed by atoms with Gasteiger partial charge in [0.15, 0.2) is 12.4 Å². The molecule has 0 saturated carbocycles. The fourth-order valence-electron chi connectivity index (χ4n) is 2.06. The van der Waals surface area contributed by atoms with Crippen LogP contribution in [-0.2, 0) is 10.1 Å². The molecule has 0 radical (unpaired) electrons. The zero-order valence-electron chi connectivity index (χ0n) is 9.84. The van der Waals surface area contributed by atoms with Crippen LogP contribution in [0.15, 0.2) is 66.0 Å². The molecule has 0 atom stereocenters. The van der Waals surface area contributed by atoms with E-state index >= 15 is 0 Å². The number of para-hydroxylation sites is 1. The Labute approximate surface area is 110 Å². The Morgan fingerprint density at radius 3 is 2.37 bits per heavy atom. The lowest BCUT2D eigenvalue weighted by molar-refractivity contribution is -0.724. The minimum absolute atomic E-state index is 0.0977. The number of rotatable bonds is 2. The summed E-state index contributed by atoms with van der Waals surface area (Å²) in [5, 5.41) is 0.487. The van der Waals surface area contributed by atoms with Crippen LogP contribution >= 0.6 is 0 Å². The molecule has 5 nitrogen and oxygen atoms in total. The summed E-state index contributed by atoms with van der Waals surface area (Å²) in [6, 6.07) is 12.5. The fraction of sp³-hybridized carbons (Fsp3) is 0. The lowest BCUT2D eigenvalue weighted by atomic mass is 10.2. The first-order chi connectivity index (χ1) is 9.07. The predicted molar refractivity (Wildman–Crippen MR) is 69.2 cm³/mol. The molecule has 0 spiro atoms. The lowest BCUT2D eigenvalue weighted by Gasteiger charge is -1.96. The highest BCUT2D eigenvalue weighted by Gasteiger charge is 2.21. The van der Waals surface area contributed by atoms with Gasteiger partial charge in [-0.15, -0.1) is 4.68 Å². The minimum atomic E-state index is -4.25. The van der Waals surface area contributed by atoms with Crippen LogP contribution in [0.3, 0.4) is 0 Å². The summed E-state index contributed by atoms with van der Waals surface area (Å²) in [5.41, 5.74) is 0.700. The van der Waals surface area contributed by atoms with Gasteiger partial charge in [-0.05, 0) is 6.07 Å². The lowest BCUT2D eigenvalue weighted by Crippen LogP contribution is -2.39. The van der Waals surface area contributed by atoms with Gasteiger partial charge in [0.05, 0.1) is 6.20 Å². The summed E-state index contributed by atoms with van der Waals surface area (Å²) < 4.78 is 35.5. The van der Waals surface area contributed by atoms with Gasteiger partial charge in [-0.1, -0.05) is 28.9 Å². The van der Waals surface area contributed by atoms with Crippen molar-refractivity contribution in [1.82, 2.24) is 4.68 Å². The second-order valence-electron chi connectivity index (χ2n) is 4.09. The third-order valence-electron chi connectivity index (χ3n) is 2.88. The van der Waals surface area contributed by atoms with Crippen LogP contribution in [0, 0.1) is 0 Å². The maximum absolute atomic E-state index is 11.4. The van der Waals surface area contributed by atoms with E-state index in [1.165, 1.54) is 6.20 Å². The van der Waals surface area contributed by atoms with Crippen LogP contribution in [0.5, 0.6) is 0 Å². The molecule has 0 fully saturated rings. The van der Waals surface area contributed by atoms with E-state index in [1.807, 2.05) is 24.3 Å². The van der Waals surface area contributed by atoms with Crippen molar-refractivity contribution in [3.63, 3.8) is 0 Å². The van der Waals surface area contributed by atoms with Crippen molar-refractivity contribution in [3.8, 4) is 0 Å². The van der Waals surface area contributed by atoms with Gasteiger partial charge in [0.25, 0.3) is 10.1 Å². The number of hydrogen-bond acceptors (Lipinski definition) is 2. The molecule has 1 N–H and O–H groups in total.